The molecular weight excluding hydrogens is 517 g/mol. The van der Waals surface area contributed by atoms with E-state index in [0.29, 0.717) is 19.2 Å². The first-order chi connectivity index (χ1) is 15.0. The van der Waals surface area contributed by atoms with E-state index in [4.69, 9.17) is 9.73 Å². The van der Waals surface area contributed by atoms with Crippen LogP contribution in [0.1, 0.15) is 44.7 Å². The van der Waals surface area contributed by atoms with Crippen molar-refractivity contribution in [1.82, 2.24) is 20.0 Å². The van der Waals surface area contributed by atoms with E-state index in [0.717, 1.165) is 58.1 Å². The van der Waals surface area contributed by atoms with Gasteiger partial charge in [-0.3, -0.25) is 9.69 Å². The summed E-state index contributed by atoms with van der Waals surface area (Å²) >= 11 is 0. The third-order valence-corrected chi connectivity index (χ3v) is 6.25. The van der Waals surface area contributed by atoms with Crippen molar-refractivity contribution >= 4 is 35.8 Å². The summed E-state index contributed by atoms with van der Waals surface area (Å²) in [5.41, 5.74) is 2.59. The number of piperazine rings is 1. The van der Waals surface area contributed by atoms with Crippen LogP contribution in [-0.4, -0.2) is 85.1 Å². The fraction of sp³-hybridized carbons (Fsp3) is 0.667. The van der Waals surface area contributed by atoms with Crippen LogP contribution < -0.4 is 5.32 Å². The number of nitrogens with one attached hydrogen (secondary N) is 1. The van der Waals surface area contributed by atoms with Crippen LogP contribution in [0.2, 0.25) is 0 Å². The molecular formula is C24H40IN5O2. The molecule has 2 aliphatic rings. The maximum atomic E-state index is 12.6. The van der Waals surface area contributed by atoms with Crippen LogP contribution in [0.15, 0.2) is 29.3 Å². The van der Waals surface area contributed by atoms with Crippen molar-refractivity contribution in [3.8, 4) is 0 Å². The smallest absolute Gasteiger partial charge is 0.251 e. The highest BCUT2D eigenvalue weighted by Gasteiger charge is 2.30. The van der Waals surface area contributed by atoms with E-state index < -0.39 is 0 Å². The molecule has 1 atom stereocenters. The molecule has 1 N–H and O–H groups in total. The number of hydrogen-bond donors (Lipinski definition) is 1. The molecule has 1 aromatic rings. The summed E-state index contributed by atoms with van der Waals surface area (Å²) in [5.74, 6) is 1.08. The lowest BCUT2D eigenvalue weighted by Crippen LogP contribution is -2.55. The molecule has 7 nitrogen and oxygen atoms in total. The van der Waals surface area contributed by atoms with Crippen LogP contribution in [0.25, 0.3) is 0 Å². The zero-order valence-corrected chi connectivity index (χ0v) is 22.4. The first-order valence-corrected chi connectivity index (χ1v) is 11.7. The normalized spacial score (nSPS) is 19.4. The number of ether oxygens (including phenoxy) is 1. The van der Waals surface area contributed by atoms with Gasteiger partial charge in [0, 0.05) is 51.9 Å². The lowest BCUT2D eigenvalue weighted by molar-refractivity contribution is -0.142. The zero-order chi connectivity index (χ0) is 22.2. The molecule has 2 saturated heterocycles. The van der Waals surface area contributed by atoms with Crippen LogP contribution in [0.3, 0.4) is 0 Å². The second-order valence-corrected chi connectivity index (χ2v) is 8.76. The first-order valence-electron chi connectivity index (χ1n) is 11.7. The minimum atomic E-state index is -0.228. The Balaban J connectivity index is 0.00000363. The number of rotatable bonds is 7. The average Bonchev–Trinajstić information content (AvgIpc) is 3.32. The molecule has 0 aliphatic carbocycles. The fourth-order valence-corrected chi connectivity index (χ4v) is 4.02. The number of halogens is 1. The molecule has 2 fully saturated rings. The molecule has 32 heavy (non-hydrogen) atoms. The van der Waals surface area contributed by atoms with E-state index >= 15 is 0 Å². The van der Waals surface area contributed by atoms with Crippen molar-refractivity contribution in [3.63, 3.8) is 0 Å². The summed E-state index contributed by atoms with van der Waals surface area (Å²) in [6, 6.07) is 9.07. The van der Waals surface area contributed by atoms with Gasteiger partial charge in [0.2, 0.25) is 0 Å². The second kappa shape index (κ2) is 13.3. The molecule has 2 aliphatic heterocycles. The van der Waals surface area contributed by atoms with E-state index in [2.05, 4.69) is 67.2 Å². The number of benzene rings is 1. The average molecular weight is 558 g/mol. The summed E-state index contributed by atoms with van der Waals surface area (Å²) in [4.78, 5) is 24.1. The van der Waals surface area contributed by atoms with Gasteiger partial charge in [0.15, 0.2) is 5.96 Å². The number of amides is 1. The topological polar surface area (TPSA) is 60.4 Å². The Hall–Kier alpha value is -1.39. The van der Waals surface area contributed by atoms with Crippen LogP contribution in [0.4, 0.5) is 0 Å². The van der Waals surface area contributed by atoms with Gasteiger partial charge in [0.05, 0.1) is 6.54 Å². The molecule has 180 valence electrons. The van der Waals surface area contributed by atoms with E-state index in [1.54, 1.807) is 0 Å². The highest BCUT2D eigenvalue weighted by atomic mass is 127. The molecule has 8 heteroatoms. The van der Waals surface area contributed by atoms with Crippen LogP contribution in [-0.2, 0) is 22.6 Å². The number of hydrogen-bond acceptors (Lipinski definition) is 4. The molecule has 0 saturated carbocycles. The minimum Gasteiger partial charge on any atom is -0.368 e. The summed E-state index contributed by atoms with van der Waals surface area (Å²) in [5, 5.41) is 3.44. The largest absolute Gasteiger partial charge is 0.368 e. The molecule has 0 bridgehead atoms. The lowest BCUT2D eigenvalue weighted by atomic mass is 10.1. The molecule has 0 aromatic heterocycles. The predicted molar refractivity (Wildman–Crippen MR) is 140 cm³/mol. The van der Waals surface area contributed by atoms with Crippen molar-refractivity contribution in [1.29, 1.82) is 0 Å². The molecule has 3 rings (SSSR count). The third-order valence-electron chi connectivity index (χ3n) is 6.25. The first kappa shape index (κ1) is 26.9. The van der Waals surface area contributed by atoms with Crippen molar-refractivity contribution in [3.05, 3.63) is 35.4 Å². The van der Waals surface area contributed by atoms with Gasteiger partial charge in [-0.25, -0.2) is 4.99 Å². The minimum absolute atomic E-state index is 0. The Morgan fingerprint density at radius 3 is 2.44 bits per heavy atom. The summed E-state index contributed by atoms with van der Waals surface area (Å²) in [7, 11) is 2.16. The Morgan fingerprint density at radius 2 is 1.84 bits per heavy atom. The van der Waals surface area contributed by atoms with Crippen molar-refractivity contribution < 1.29 is 9.53 Å². The van der Waals surface area contributed by atoms with Gasteiger partial charge in [-0.15, -0.1) is 24.0 Å². The predicted octanol–water partition coefficient (Wildman–Crippen LogP) is 2.93. The summed E-state index contributed by atoms with van der Waals surface area (Å²) in [6.45, 7) is 12.7. The third kappa shape index (κ3) is 7.31. The molecule has 0 radical (unpaired) electrons. The summed E-state index contributed by atoms with van der Waals surface area (Å²) < 4.78 is 5.58. The highest BCUT2D eigenvalue weighted by Crippen LogP contribution is 2.17. The number of carbonyl (C=O) groups is 1. The Labute approximate surface area is 210 Å². The van der Waals surface area contributed by atoms with Gasteiger partial charge in [-0.2, -0.15) is 0 Å². The van der Waals surface area contributed by atoms with Crippen molar-refractivity contribution in [2.24, 2.45) is 4.99 Å². The van der Waals surface area contributed by atoms with Crippen LogP contribution in [0.5, 0.6) is 0 Å². The number of carbonyl (C=O) groups excluding carboxylic acids is 1. The maximum Gasteiger partial charge on any atom is 0.251 e. The quantitative estimate of drug-likeness (QED) is 0.318. The summed E-state index contributed by atoms with van der Waals surface area (Å²) in [6.07, 6.45) is 1.62. The van der Waals surface area contributed by atoms with Gasteiger partial charge in [-0.1, -0.05) is 24.3 Å². The maximum absolute atomic E-state index is 12.6. The van der Waals surface area contributed by atoms with Crippen molar-refractivity contribution in [2.75, 3.05) is 46.4 Å². The zero-order valence-electron chi connectivity index (χ0n) is 20.0. The van der Waals surface area contributed by atoms with Gasteiger partial charge in [-0.05, 0) is 51.8 Å². The molecule has 1 aromatic carbocycles. The fourth-order valence-electron chi connectivity index (χ4n) is 4.02. The number of nitrogens with zero attached hydrogens (tertiary/aromatic N) is 4. The standard InChI is InChI=1S/C24H39N5O2.HI/c1-5-25-24(26-17-20-9-6-7-10-21(20)18-27(4)19(2)3)29-14-12-28(13-15-29)23(30)22-11-8-16-31-22;/h6-7,9-10,19,22H,5,8,11-18H2,1-4H3,(H,25,26);1H. The second-order valence-electron chi connectivity index (χ2n) is 8.76. The monoisotopic (exact) mass is 557 g/mol. The SMILES string of the molecule is CCNC(=NCc1ccccc1CN(C)C(C)C)N1CCN(C(=O)C2CCCO2)CC1.I. The van der Waals surface area contributed by atoms with E-state index in [9.17, 15) is 4.79 Å². The van der Waals surface area contributed by atoms with Crippen LogP contribution in [0, 0.1) is 0 Å². The van der Waals surface area contributed by atoms with Gasteiger partial charge < -0.3 is 19.9 Å². The Kier molecular flexibility index (Phi) is 11.2. The van der Waals surface area contributed by atoms with E-state index in [1.165, 1.54) is 11.1 Å². The van der Waals surface area contributed by atoms with Gasteiger partial charge in [0.25, 0.3) is 5.91 Å². The number of guanidine groups is 1. The van der Waals surface area contributed by atoms with Crippen LogP contribution >= 0.6 is 24.0 Å². The van der Waals surface area contributed by atoms with Gasteiger partial charge >= 0.3 is 0 Å². The van der Waals surface area contributed by atoms with Gasteiger partial charge in [0.1, 0.15) is 6.10 Å². The molecule has 0 spiro atoms. The Bertz CT molecular complexity index is 744. The van der Waals surface area contributed by atoms with E-state index in [-0.39, 0.29) is 36.0 Å². The van der Waals surface area contributed by atoms with Crippen molar-refractivity contribution in [2.45, 2.75) is 58.8 Å². The lowest BCUT2D eigenvalue weighted by Gasteiger charge is -2.37. The number of aliphatic imine (C=N–C) groups is 1. The molecule has 2 heterocycles. The highest BCUT2D eigenvalue weighted by molar-refractivity contribution is 14.0. The Morgan fingerprint density at radius 1 is 1.19 bits per heavy atom. The van der Waals surface area contributed by atoms with E-state index in [1.807, 2.05) is 4.90 Å². The molecule has 1 amide bonds. The molecule has 1 unspecified atom stereocenters.